The first-order valence-corrected chi connectivity index (χ1v) is 9.29. The second-order valence-electron chi connectivity index (χ2n) is 7.27. The van der Waals surface area contributed by atoms with E-state index in [2.05, 4.69) is 45.8 Å². The number of rotatable bonds is 4. The van der Waals surface area contributed by atoms with Gasteiger partial charge in [-0.05, 0) is 56.8 Å². The minimum atomic E-state index is 0.244. The van der Waals surface area contributed by atoms with Crippen LogP contribution >= 0.6 is 0 Å². The Bertz CT molecular complexity index is 746. The molecule has 1 aromatic carbocycles. The summed E-state index contributed by atoms with van der Waals surface area (Å²) in [5.41, 5.74) is 2.41. The maximum Gasteiger partial charge on any atom is 0.241 e. The van der Waals surface area contributed by atoms with Crippen molar-refractivity contribution >= 4 is 11.6 Å². The van der Waals surface area contributed by atoms with Crippen LogP contribution in [-0.2, 0) is 17.8 Å². The molecule has 1 aromatic heterocycles. The molecule has 0 N–H and O–H groups in total. The number of piperidine rings is 1. The third-order valence-corrected chi connectivity index (χ3v) is 5.63. The highest BCUT2D eigenvalue weighted by Gasteiger charge is 2.27. The minimum Gasteiger partial charge on any atom is -0.335 e. The standard InChI is InChI=1S/C20H26N4O/c1-16-21-9-13-23(16)14-17-6-10-22(11-7-17)15-20(25)24-12-8-18-4-2-3-5-19(18)24/h2-5,9,13,17H,6-8,10-12,14-15H2,1H3. The van der Waals surface area contributed by atoms with E-state index in [9.17, 15) is 4.79 Å². The van der Waals surface area contributed by atoms with Gasteiger partial charge in [-0.2, -0.15) is 0 Å². The van der Waals surface area contributed by atoms with Gasteiger partial charge in [0.05, 0.1) is 6.54 Å². The third-order valence-electron chi connectivity index (χ3n) is 5.63. The van der Waals surface area contributed by atoms with Crippen LogP contribution in [0.2, 0.25) is 0 Å². The lowest BCUT2D eigenvalue weighted by Gasteiger charge is -2.32. The highest BCUT2D eigenvalue weighted by atomic mass is 16.2. The molecule has 5 nitrogen and oxygen atoms in total. The van der Waals surface area contributed by atoms with Crippen LogP contribution < -0.4 is 4.90 Å². The summed E-state index contributed by atoms with van der Waals surface area (Å²) in [5, 5.41) is 0. The first-order valence-electron chi connectivity index (χ1n) is 9.29. The highest BCUT2D eigenvalue weighted by Crippen LogP contribution is 2.28. The van der Waals surface area contributed by atoms with Crippen molar-refractivity contribution in [3.63, 3.8) is 0 Å². The highest BCUT2D eigenvalue weighted by molar-refractivity contribution is 5.96. The fourth-order valence-corrected chi connectivity index (χ4v) is 4.08. The predicted octanol–water partition coefficient (Wildman–Crippen LogP) is 2.49. The Morgan fingerprint density at radius 2 is 2.00 bits per heavy atom. The quantitative estimate of drug-likeness (QED) is 0.860. The second kappa shape index (κ2) is 7.00. The number of nitrogens with zero attached hydrogens (tertiary/aromatic N) is 4. The number of fused-ring (bicyclic) bond motifs is 1. The van der Waals surface area contributed by atoms with Gasteiger partial charge in [-0.1, -0.05) is 18.2 Å². The van der Waals surface area contributed by atoms with Crippen molar-refractivity contribution in [1.82, 2.24) is 14.5 Å². The van der Waals surface area contributed by atoms with Crippen molar-refractivity contribution < 1.29 is 4.79 Å². The molecule has 2 aliphatic rings. The number of benzene rings is 1. The van der Waals surface area contributed by atoms with Crippen LogP contribution in [0.25, 0.3) is 0 Å². The Balaban J connectivity index is 1.29. The van der Waals surface area contributed by atoms with Crippen LogP contribution in [0.15, 0.2) is 36.7 Å². The van der Waals surface area contributed by atoms with Gasteiger partial charge in [0.15, 0.2) is 0 Å². The molecule has 132 valence electrons. The van der Waals surface area contributed by atoms with Crippen LogP contribution in [0.1, 0.15) is 24.2 Å². The summed E-state index contributed by atoms with van der Waals surface area (Å²) in [7, 11) is 0. The lowest BCUT2D eigenvalue weighted by Crippen LogP contribution is -2.43. The largest absolute Gasteiger partial charge is 0.335 e. The number of para-hydroxylation sites is 1. The molecule has 0 saturated carbocycles. The number of likely N-dealkylation sites (tertiary alicyclic amines) is 1. The van der Waals surface area contributed by atoms with Crippen molar-refractivity contribution in [3.05, 3.63) is 48.0 Å². The van der Waals surface area contributed by atoms with Crippen molar-refractivity contribution in [2.45, 2.75) is 32.7 Å². The van der Waals surface area contributed by atoms with E-state index in [1.165, 1.54) is 5.56 Å². The molecule has 25 heavy (non-hydrogen) atoms. The van der Waals surface area contributed by atoms with Crippen LogP contribution in [0.3, 0.4) is 0 Å². The lowest BCUT2D eigenvalue weighted by molar-refractivity contribution is -0.120. The fourth-order valence-electron chi connectivity index (χ4n) is 4.08. The number of carbonyl (C=O) groups is 1. The van der Waals surface area contributed by atoms with Crippen molar-refractivity contribution in [3.8, 4) is 0 Å². The molecule has 5 heteroatoms. The Kier molecular flexibility index (Phi) is 4.57. The van der Waals surface area contributed by atoms with E-state index in [0.717, 1.165) is 57.0 Å². The van der Waals surface area contributed by atoms with Crippen LogP contribution in [-0.4, -0.2) is 46.5 Å². The molecule has 0 bridgehead atoms. The molecule has 0 spiro atoms. The monoisotopic (exact) mass is 338 g/mol. The van der Waals surface area contributed by atoms with Gasteiger partial charge in [-0.25, -0.2) is 4.98 Å². The van der Waals surface area contributed by atoms with E-state index in [4.69, 9.17) is 0 Å². The number of anilines is 1. The smallest absolute Gasteiger partial charge is 0.241 e. The van der Waals surface area contributed by atoms with Gasteiger partial charge in [0.25, 0.3) is 0 Å². The fraction of sp³-hybridized carbons (Fsp3) is 0.500. The molecule has 0 aliphatic carbocycles. The summed E-state index contributed by atoms with van der Waals surface area (Å²) in [6.07, 6.45) is 7.23. The minimum absolute atomic E-state index is 0.244. The van der Waals surface area contributed by atoms with Gasteiger partial charge in [-0.3, -0.25) is 9.69 Å². The number of carbonyl (C=O) groups excluding carboxylic acids is 1. The molecule has 1 fully saturated rings. The number of hydrogen-bond donors (Lipinski definition) is 0. The van der Waals surface area contributed by atoms with E-state index in [1.54, 1.807) is 0 Å². The molecule has 4 rings (SSSR count). The van der Waals surface area contributed by atoms with Gasteiger partial charge >= 0.3 is 0 Å². The maximum atomic E-state index is 12.7. The summed E-state index contributed by atoms with van der Waals surface area (Å²) in [6, 6.07) is 8.28. The first-order chi connectivity index (χ1) is 12.2. The molecule has 0 radical (unpaired) electrons. The molecular weight excluding hydrogens is 312 g/mol. The first kappa shape index (κ1) is 16.3. The molecule has 1 saturated heterocycles. The van der Waals surface area contributed by atoms with Crippen molar-refractivity contribution in [2.75, 3.05) is 31.1 Å². The van der Waals surface area contributed by atoms with E-state index < -0.39 is 0 Å². The zero-order valence-corrected chi connectivity index (χ0v) is 14.9. The third kappa shape index (κ3) is 3.47. The van der Waals surface area contributed by atoms with E-state index in [0.29, 0.717) is 12.5 Å². The number of imidazole rings is 1. The molecule has 3 heterocycles. The Labute approximate surface area is 149 Å². The number of aromatic nitrogens is 2. The average molecular weight is 338 g/mol. The van der Waals surface area contributed by atoms with E-state index in [-0.39, 0.29) is 5.91 Å². The van der Waals surface area contributed by atoms with Gasteiger partial charge in [0.1, 0.15) is 5.82 Å². The summed E-state index contributed by atoms with van der Waals surface area (Å²) in [6.45, 7) is 6.51. The molecular formula is C20H26N4O. The number of aryl methyl sites for hydroxylation is 1. The van der Waals surface area contributed by atoms with Gasteiger partial charge in [0.2, 0.25) is 5.91 Å². The van der Waals surface area contributed by atoms with Crippen LogP contribution in [0.5, 0.6) is 0 Å². The Morgan fingerprint density at radius 1 is 1.20 bits per heavy atom. The molecule has 0 atom stereocenters. The Hall–Kier alpha value is -2.14. The zero-order valence-electron chi connectivity index (χ0n) is 14.9. The normalized spacial score (nSPS) is 18.5. The SMILES string of the molecule is Cc1nccn1CC1CCN(CC(=O)N2CCc3ccccc32)CC1. The maximum absolute atomic E-state index is 12.7. The van der Waals surface area contributed by atoms with E-state index >= 15 is 0 Å². The summed E-state index contributed by atoms with van der Waals surface area (Å²) in [5.74, 6) is 2.02. The lowest BCUT2D eigenvalue weighted by atomic mass is 9.96. The zero-order chi connectivity index (χ0) is 17.2. The summed E-state index contributed by atoms with van der Waals surface area (Å²) >= 11 is 0. The molecule has 1 amide bonds. The number of amides is 1. The molecule has 0 unspecified atom stereocenters. The Morgan fingerprint density at radius 3 is 2.76 bits per heavy atom. The van der Waals surface area contributed by atoms with Crippen molar-refractivity contribution in [1.29, 1.82) is 0 Å². The summed E-state index contributed by atoms with van der Waals surface area (Å²) in [4.78, 5) is 21.3. The van der Waals surface area contributed by atoms with E-state index in [1.807, 2.05) is 17.2 Å². The average Bonchev–Trinajstić information content (AvgIpc) is 3.23. The van der Waals surface area contributed by atoms with Crippen molar-refractivity contribution in [2.24, 2.45) is 5.92 Å². The molecule has 2 aliphatic heterocycles. The van der Waals surface area contributed by atoms with Gasteiger partial charge in [0, 0.05) is 31.2 Å². The molecule has 2 aromatic rings. The number of hydrogen-bond acceptors (Lipinski definition) is 3. The summed E-state index contributed by atoms with van der Waals surface area (Å²) < 4.78 is 2.24. The van der Waals surface area contributed by atoms with Crippen LogP contribution in [0.4, 0.5) is 5.69 Å². The van der Waals surface area contributed by atoms with Gasteiger partial charge < -0.3 is 9.47 Å². The second-order valence-corrected chi connectivity index (χ2v) is 7.27. The van der Waals surface area contributed by atoms with Crippen LogP contribution in [0, 0.1) is 12.8 Å². The predicted molar refractivity (Wildman–Crippen MR) is 98.6 cm³/mol. The topological polar surface area (TPSA) is 41.4 Å². The van der Waals surface area contributed by atoms with Gasteiger partial charge in [-0.15, -0.1) is 0 Å².